The van der Waals surface area contributed by atoms with Gasteiger partial charge in [-0.25, -0.2) is 0 Å². The molecule has 132 valence electrons. The number of nitro groups is 1. The highest BCUT2D eigenvalue weighted by Gasteiger charge is 2.14. The highest BCUT2D eigenvalue weighted by atomic mass is 16.6. The summed E-state index contributed by atoms with van der Waals surface area (Å²) in [7, 11) is 1.79. The molecule has 0 saturated heterocycles. The Morgan fingerprint density at radius 2 is 1.68 bits per heavy atom. The van der Waals surface area contributed by atoms with Gasteiger partial charge < -0.3 is 10.2 Å². The fraction of sp³-hybridized carbons (Fsp3) is 0.316. The second-order valence-electron chi connectivity index (χ2n) is 6.41. The monoisotopic (exact) mass is 341 g/mol. The van der Waals surface area contributed by atoms with Crippen LogP contribution in [-0.2, 0) is 4.79 Å². The predicted octanol–water partition coefficient (Wildman–Crippen LogP) is 3.90. The lowest BCUT2D eigenvalue weighted by Gasteiger charge is -2.21. The molecule has 25 heavy (non-hydrogen) atoms. The molecule has 0 aromatic heterocycles. The van der Waals surface area contributed by atoms with Gasteiger partial charge in [-0.15, -0.1) is 0 Å². The first-order valence-corrected chi connectivity index (χ1v) is 8.03. The van der Waals surface area contributed by atoms with E-state index in [1.807, 2.05) is 32.9 Å². The van der Waals surface area contributed by atoms with E-state index in [4.69, 9.17) is 0 Å². The Kier molecular flexibility index (Phi) is 5.41. The number of hydrogen-bond acceptors (Lipinski definition) is 4. The van der Waals surface area contributed by atoms with E-state index in [2.05, 4.69) is 5.32 Å². The van der Waals surface area contributed by atoms with Crippen molar-refractivity contribution < 1.29 is 9.72 Å². The van der Waals surface area contributed by atoms with Gasteiger partial charge in [0, 0.05) is 30.6 Å². The maximum absolute atomic E-state index is 12.4. The van der Waals surface area contributed by atoms with Crippen molar-refractivity contribution in [1.82, 2.24) is 0 Å². The van der Waals surface area contributed by atoms with Crippen LogP contribution in [0.4, 0.5) is 17.1 Å². The summed E-state index contributed by atoms with van der Waals surface area (Å²) in [5, 5.41) is 13.8. The van der Waals surface area contributed by atoms with Crippen molar-refractivity contribution in [3.8, 4) is 0 Å². The molecule has 2 aromatic carbocycles. The van der Waals surface area contributed by atoms with Gasteiger partial charge in [0.2, 0.25) is 5.91 Å². The van der Waals surface area contributed by atoms with E-state index in [0.29, 0.717) is 0 Å². The molecule has 0 aliphatic rings. The summed E-state index contributed by atoms with van der Waals surface area (Å²) in [4.78, 5) is 24.6. The number of carbonyl (C=O) groups is 1. The van der Waals surface area contributed by atoms with Crippen LogP contribution in [0.5, 0.6) is 0 Å². The first kappa shape index (κ1) is 18.4. The summed E-state index contributed by atoms with van der Waals surface area (Å²) >= 11 is 0. The molecule has 2 aromatic rings. The molecule has 0 spiro atoms. The lowest BCUT2D eigenvalue weighted by atomic mass is 10.1. The Morgan fingerprint density at radius 1 is 1.08 bits per heavy atom. The van der Waals surface area contributed by atoms with Crippen LogP contribution in [0.15, 0.2) is 30.3 Å². The smallest absolute Gasteiger partial charge is 0.269 e. The maximum Gasteiger partial charge on any atom is 0.269 e. The van der Waals surface area contributed by atoms with Gasteiger partial charge in [0.1, 0.15) is 0 Å². The van der Waals surface area contributed by atoms with E-state index in [1.165, 1.54) is 12.1 Å². The van der Waals surface area contributed by atoms with Gasteiger partial charge >= 0.3 is 0 Å². The van der Waals surface area contributed by atoms with Crippen molar-refractivity contribution in [1.29, 1.82) is 0 Å². The molecule has 0 saturated carbocycles. The lowest BCUT2D eigenvalue weighted by Crippen LogP contribution is -2.30. The van der Waals surface area contributed by atoms with E-state index >= 15 is 0 Å². The molecule has 1 amide bonds. The zero-order chi connectivity index (χ0) is 18.7. The van der Waals surface area contributed by atoms with Crippen LogP contribution in [-0.4, -0.2) is 24.4 Å². The van der Waals surface area contributed by atoms with Crippen LogP contribution in [0.3, 0.4) is 0 Å². The summed E-state index contributed by atoms with van der Waals surface area (Å²) < 4.78 is 0. The Balaban J connectivity index is 2.12. The minimum atomic E-state index is -0.424. The average molecular weight is 341 g/mol. The van der Waals surface area contributed by atoms with Gasteiger partial charge in [-0.3, -0.25) is 14.9 Å². The third kappa shape index (κ3) is 4.35. The number of hydrogen-bond donors (Lipinski definition) is 1. The number of rotatable bonds is 5. The quantitative estimate of drug-likeness (QED) is 0.661. The summed E-state index contributed by atoms with van der Waals surface area (Å²) in [5.41, 5.74) is 5.64. The van der Waals surface area contributed by atoms with Crippen molar-refractivity contribution in [3.63, 3.8) is 0 Å². The van der Waals surface area contributed by atoms with E-state index < -0.39 is 4.92 Å². The number of nitro benzene ring substituents is 1. The van der Waals surface area contributed by atoms with Crippen LogP contribution in [0, 0.1) is 37.8 Å². The standard InChI is InChI=1S/C19H23N3O3/c1-12-8-14(3)19(15(4)9-12)20-18(23)11-21(5)17-7-6-16(22(24)25)10-13(17)2/h6-10H,11H2,1-5H3,(H,20,23). The third-order valence-electron chi connectivity index (χ3n) is 4.12. The molecule has 0 atom stereocenters. The molecule has 2 rings (SSSR count). The first-order chi connectivity index (χ1) is 11.7. The molecule has 0 bridgehead atoms. The molecule has 0 aliphatic carbocycles. The summed E-state index contributed by atoms with van der Waals surface area (Å²) in [6, 6.07) is 8.70. The number of nitrogens with zero attached hydrogens (tertiary/aromatic N) is 2. The first-order valence-electron chi connectivity index (χ1n) is 8.03. The second kappa shape index (κ2) is 7.34. The van der Waals surface area contributed by atoms with Crippen LogP contribution in [0.2, 0.25) is 0 Å². The van der Waals surface area contributed by atoms with Crippen molar-refractivity contribution in [2.75, 3.05) is 23.8 Å². The molecule has 0 radical (unpaired) electrons. The van der Waals surface area contributed by atoms with E-state index in [-0.39, 0.29) is 18.1 Å². The molecular formula is C19H23N3O3. The predicted molar refractivity (Wildman–Crippen MR) is 100 cm³/mol. The van der Waals surface area contributed by atoms with Crippen LogP contribution in [0.25, 0.3) is 0 Å². The largest absolute Gasteiger partial charge is 0.365 e. The topological polar surface area (TPSA) is 75.5 Å². The molecule has 6 heteroatoms. The molecule has 0 heterocycles. The van der Waals surface area contributed by atoms with E-state index in [0.717, 1.165) is 33.6 Å². The molecule has 0 unspecified atom stereocenters. The van der Waals surface area contributed by atoms with Gasteiger partial charge in [0.15, 0.2) is 0 Å². The normalized spacial score (nSPS) is 10.4. The number of amides is 1. The van der Waals surface area contributed by atoms with Crippen LogP contribution < -0.4 is 10.2 Å². The minimum Gasteiger partial charge on any atom is -0.365 e. The van der Waals surface area contributed by atoms with E-state index in [1.54, 1.807) is 24.9 Å². The number of likely N-dealkylation sites (N-methyl/N-ethyl adjacent to an activating group) is 1. The molecule has 6 nitrogen and oxygen atoms in total. The van der Waals surface area contributed by atoms with Crippen molar-refractivity contribution in [3.05, 3.63) is 62.7 Å². The SMILES string of the molecule is Cc1cc(C)c(NC(=O)CN(C)c2ccc([N+](=O)[O-])cc2C)c(C)c1. The van der Waals surface area contributed by atoms with Crippen LogP contribution >= 0.6 is 0 Å². The van der Waals surface area contributed by atoms with Gasteiger partial charge in [-0.1, -0.05) is 17.7 Å². The average Bonchev–Trinajstić information content (AvgIpc) is 2.50. The third-order valence-corrected chi connectivity index (χ3v) is 4.12. The number of benzene rings is 2. The number of anilines is 2. The zero-order valence-corrected chi connectivity index (χ0v) is 15.2. The number of aryl methyl sites for hydroxylation is 4. The molecule has 0 aliphatic heterocycles. The van der Waals surface area contributed by atoms with Crippen molar-refractivity contribution >= 4 is 23.0 Å². The van der Waals surface area contributed by atoms with Crippen molar-refractivity contribution in [2.24, 2.45) is 0 Å². The zero-order valence-electron chi connectivity index (χ0n) is 15.2. The van der Waals surface area contributed by atoms with Gasteiger partial charge in [-0.2, -0.15) is 0 Å². The Hall–Kier alpha value is -2.89. The maximum atomic E-state index is 12.4. The summed E-state index contributed by atoms with van der Waals surface area (Å²) in [5.74, 6) is -0.129. The van der Waals surface area contributed by atoms with Gasteiger partial charge in [0.25, 0.3) is 5.69 Å². The van der Waals surface area contributed by atoms with Crippen molar-refractivity contribution in [2.45, 2.75) is 27.7 Å². The Morgan fingerprint density at radius 3 is 2.20 bits per heavy atom. The van der Waals surface area contributed by atoms with E-state index in [9.17, 15) is 14.9 Å². The fourth-order valence-corrected chi connectivity index (χ4v) is 3.04. The lowest BCUT2D eigenvalue weighted by molar-refractivity contribution is -0.384. The molecule has 0 fully saturated rings. The number of non-ortho nitro benzene ring substituents is 1. The summed E-state index contributed by atoms with van der Waals surface area (Å²) in [6.07, 6.45) is 0. The second-order valence-corrected chi connectivity index (χ2v) is 6.41. The highest BCUT2D eigenvalue weighted by Crippen LogP contribution is 2.25. The number of carbonyl (C=O) groups excluding carboxylic acids is 1. The summed E-state index contributed by atoms with van der Waals surface area (Å²) in [6.45, 7) is 7.92. The molecule has 1 N–H and O–H groups in total. The van der Waals surface area contributed by atoms with Gasteiger partial charge in [0.05, 0.1) is 11.5 Å². The fourth-order valence-electron chi connectivity index (χ4n) is 3.04. The Bertz CT molecular complexity index is 808. The number of nitrogens with one attached hydrogen (secondary N) is 1. The molecular weight excluding hydrogens is 318 g/mol. The van der Waals surface area contributed by atoms with Gasteiger partial charge in [-0.05, 0) is 50.5 Å². The van der Waals surface area contributed by atoms with Crippen LogP contribution in [0.1, 0.15) is 22.3 Å². The Labute approximate surface area is 147 Å². The highest BCUT2D eigenvalue weighted by molar-refractivity contribution is 5.95. The minimum absolute atomic E-state index is 0.0463.